The second kappa shape index (κ2) is 6.99. The molecular formula is C15H21NO3S. The lowest BCUT2D eigenvalue weighted by molar-refractivity contribution is 0.0697. The molecule has 0 saturated carbocycles. The molecule has 1 aromatic carbocycles. The molecule has 1 aromatic rings. The van der Waals surface area contributed by atoms with Crippen LogP contribution in [0.5, 0.6) is 5.75 Å². The summed E-state index contributed by atoms with van der Waals surface area (Å²) in [5.74, 6) is -0.187. The Morgan fingerprint density at radius 3 is 2.45 bits per heavy atom. The number of nitrogens with zero attached hydrogens (tertiary/aromatic N) is 1. The Bertz CT molecular complexity index is 439. The zero-order valence-electron chi connectivity index (χ0n) is 11.9. The van der Waals surface area contributed by atoms with E-state index < -0.39 is 5.97 Å². The highest BCUT2D eigenvalue weighted by Gasteiger charge is 2.21. The monoisotopic (exact) mass is 295 g/mol. The average molecular weight is 295 g/mol. The van der Waals surface area contributed by atoms with Gasteiger partial charge in [0.2, 0.25) is 0 Å². The average Bonchev–Trinajstić information content (AvgIpc) is 2.38. The molecule has 0 radical (unpaired) electrons. The molecule has 0 bridgehead atoms. The van der Waals surface area contributed by atoms with E-state index in [9.17, 15) is 4.79 Å². The molecule has 110 valence electrons. The van der Waals surface area contributed by atoms with Gasteiger partial charge in [0, 0.05) is 30.1 Å². The Hall–Kier alpha value is -1.20. The van der Waals surface area contributed by atoms with Gasteiger partial charge < -0.3 is 9.84 Å². The summed E-state index contributed by atoms with van der Waals surface area (Å²) in [6, 6.07) is 6.56. The van der Waals surface area contributed by atoms with Crippen LogP contribution < -0.4 is 4.74 Å². The van der Waals surface area contributed by atoms with Gasteiger partial charge in [-0.05, 0) is 24.3 Å². The number of rotatable bonds is 5. The summed E-state index contributed by atoms with van der Waals surface area (Å²) in [6.07, 6.45) is 0. The highest BCUT2D eigenvalue weighted by Crippen LogP contribution is 2.24. The summed E-state index contributed by atoms with van der Waals surface area (Å²) in [4.78, 5) is 13.2. The zero-order chi connectivity index (χ0) is 14.5. The van der Waals surface area contributed by atoms with Crippen molar-refractivity contribution in [3.8, 4) is 5.75 Å². The van der Waals surface area contributed by atoms with Crippen LogP contribution in [0.2, 0.25) is 0 Å². The first-order valence-corrected chi connectivity index (χ1v) is 7.83. The Morgan fingerprint density at radius 1 is 1.30 bits per heavy atom. The molecule has 0 aliphatic carbocycles. The van der Waals surface area contributed by atoms with Crippen LogP contribution in [0.4, 0.5) is 0 Å². The number of ether oxygens (including phenoxy) is 1. The number of carboxylic acid groups (broad SMARTS) is 1. The van der Waals surface area contributed by atoms with Crippen molar-refractivity contribution in [3.63, 3.8) is 0 Å². The standard InChI is InChI=1S/C15H21NO3S/c1-11-9-16(10-12(2)20-11)7-8-19-14-5-3-13(4-6-14)15(17)18/h3-6,11-12H,7-10H2,1-2H3,(H,17,18). The van der Waals surface area contributed by atoms with E-state index in [-0.39, 0.29) is 5.56 Å². The number of hydrogen-bond acceptors (Lipinski definition) is 4. The van der Waals surface area contributed by atoms with E-state index in [1.165, 1.54) is 0 Å². The molecule has 20 heavy (non-hydrogen) atoms. The highest BCUT2D eigenvalue weighted by atomic mass is 32.2. The SMILES string of the molecule is CC1CN(CCOc2ccc(C(=O)O)cc2)CC(C)S1. The fourth-order valence-corrected chi connectivity index (χ4v) is 3.84. The molecule has 0 amide bonds. The van der Waals surface area contributed by atoms with Gasteiger partial charge in [-0.15, -0.1) is 0 Å². The summed E-state index contributed by atoms with van der Waals surface area (Å²) >= 11 is 2.04. The van der Waals surface area contributed by atoms with Crippen molar-refractivity contribution in [3.05, 3.63) is 29.8 Å². The molecule has 1 saturated heterocycles. The predicted octanol–water partition coefficient (Wildman–Crippen LogP) is 2.59. The lowest BCUT2D eigenvalue weighted by atomic mass is 10.2. The molecule has 1 aliphatic rings. The quantitative estimate of drug-likeness (QED) is 0.905. The van der Waals surface area contributed by atoms with Crippen molar-refractivity contribution in [2.75, 3.05) is 26.2 Å². The van der Waals surface area contributed by atoms with E-state index >= 15 is 0 Å². The van der Waals surface area contributed by atoms with E-state index in [1.807, 2.05) is 11.8 Å². The van der Waals surface area contributed by atoms with E-state index in [4.69, 9.17) is 9.84 Å². The highest BCUT2D eigenvalue weighted by molar-refractivity contribution is 8.00. The predicted molar refractivity (Wildman–Crippen MR) is 81.9 cm³/mol. The molecule has 5 heteroatoms. The number of carbonyl (C=O) groups is 1. The second-order valence-electron chi connectivity index (χ2n) is 5.19. The van der Waals surface area contributed by atoms with Crippen LogP contribution in [-0.2, 0) is 0 Å². The van der Waals surface area contributed by atoms with Gasteiger partial charge in [-0.2, -0.15) is 11.8 Å². The van der Waals surface area contributed by atoms with Gasteiger partial charge in [-0.1, -0.05) is 13.8 Å². The summed E-state index contributed by atoms with van der Waals surface area (Å²) in [5.41, 5.74) is 0.285. The van der Waals surface area contributed by atoms with Gasteiger partial charge >= 0.3 is 5.97 Å². The number of carboxylic acids is 1. The first kappa shape index (κ1) is 15.2. The smallest absolute Gasteiger partial charge is 0.335 e. The minimum Gasteiger partial charge on any atom is -0.492 e. The number of aromatic carboxylic acids is 1. The maximum absolute atomic E-state index is 10.7. The third-order valence-corrected chi connectivity index (χ3v) is 4.50. The number of hydrogen-bond donors (Lipinski definition) is 1. The lowest BCUT2D eigenvalue weighted by Crippen LogP contribution is -2.42. The van der Waals surface area contributed by atoms with Crippen LogP contribution in [-0.4, -0.2) is 52.7 Å². The maximum Gasteiger partial charge on any atom is 0.335 e. The normalized spacial score (nSPS) is 23.5. The summed E-state index contributed by atoms with van der Waals surface area (Å²) in [5, 5.41) is 10.2. The molecule has 1 aliphatic heterocycles. The van der Waals surface area contributed by atoms with Crippen LogP contribution >= 0.6 is 11.8 Å². The van der Waals surface area contributed by atoms with Gasteiger partial charge in [-0.3, -0.25) is 4.90 Å². The summed E-state index contributed by atoms with van der Waals surface area (Å²) < 4.78 is 5.67. The minimum absolute atomic E-state index is 0.285. The minimum atomic E-state index is -0.912. The summed E-state index contributed by atoms with van der Waals surface area (Å²) in [7, 11) is 0. The van der Waals surface area contributed by atoms with E-state index in [1.54, 1.807) is 24.3 Å². The number of benzene rings is 1. The molecule has 2 unspecified atom stereocenters. The Kier molecular flexibility index (Phi) is 5.31. The topological polar surface area (TPSA) is 49.8 Å². The molecule has 1 fully saturated rings. The lowest BCUT2D eigenvalue weighted by Gasteiger charge is -2.34. The summed E-state index contributed by atoms with van der Waals surface area (Å²) in [6.45, 7) is 8.29. The fraction of sp³-hybridized carbons (Fsp3) is 0.533. The third kappa shape index (κ3) is 4.42. The zero-order valence-corrected chi connectivity index (χ0v) is 12.7. The van der Waals surface area contributed by atoms with Gasteiger partial charge in [0.05, 0.1) is 5.56 Å². The van der Waals surface area contributed by atoms with Crippen LogP contribution in [0, 0.1) is 0 Å². The fourth-order valence-electron chi connectivity index (χ4n) is 2.45. The number of thioether (sulfide) groups is 1. The largest absolute Gasteiger partial charge is 0.492 e. The van der Waals surface area contributed by atoms with E-state index in [0.717, 1.165) is 25.4 Å². The maximum atomic E-state index is 10.7. The van der Waals surface area contributed by atoms with E-state index in [0.29, 0.717) is 17.1 Å². The second-order valence-corrected chi connectivity index (χ2v) is 7.08. The van der Waals surface area contributed by atoms with Crippen molar-refractivity contribution in [2.45, 2.75) is 24.3 Å². The Labute approximate surface area is 124 Å². The van der Waals surface area contributed by atoms with Crippen LogP contribution in [0.1, 0.15) is 24.2 Å². The van der Waals surface area contributed by atoms with Crippen molar-refractivity contribution in [2.24, 2.45) is 0 Å². The van der Waals surface area contributed by atoms with Gasteiger partial charge in [0.15, 0.2) is 0 Å². The van der Waals surface area contributed by atoms with Crippen molar-refractivity contribution >= 4 is 17.7 Å². The van der Waals surface area contributed by atoms with Gasteiger partial charge in [-0.25, -0.2) is 4.79 Å². The van der Waals surface area contributed by atoms with Gasteiger partial charge in [0.1, 0.15) is 12.4 Å². The molecule has 1 N–H and O–H groups in total. The molecule has 0 aromatic heterocycles. The van der Waals surface area contributed by atoms with Crippen LogP contribution in [0.3, 0.4) is 0 Å². The van der Waals surface area contributed by atoms with Crippen molar-refractivity contribution in [1.29, 1.82) is 0 Å². The van der Waals surface area contributed by atoms with E-state index in [2.05, 4.69) is 18.7 Å². The van der Waals surface area contributed by atoms with Crippen LogP contribution in [0.25, 0.3) is 0 Å². The molecule has 4 nitrogen and oxygen atoms in total. The van der Waals surface area contributed by atoms with Crippen molar-refractivity contribution < 1.29 is 14.6 Å². The Morgan fingerprint density at radius 2 is 1.90 bits per heavy atom. The molecule has 1 heterocycles. The molecule has 2 rings (SSSR count). The van der Waals surface area contributed by atoms with Crippen LogP contribution in [0.15, 0.2) is 24.3 Å². The van der Waals surface area contributed by atoms with Crippen molar-refractivity contribution in [1.82, 2.24) is 4.90 Å². The van der Waals surface area contributed by atoms with Gasteiger partial charge in [0.25, 0.3) is 0 Å². The third-order valence-electron chi connectivity index (χ3n) is 3.27. The Balaban J connectivity index is 1.76. The first-order valence-electron chi connectivity index (χ1n) is 6.88. The molecular weight excluding hydrogens is 274 g/mol. The first-order chi connectivity index (χ1) is 9.54. The molecule has 0 spiro atoms. The molecule has 2 atom stereocenters.